The van der Waals surface area contributed by atoms with Gasteiger partial charge in [-0.15, -0.1) is 0 Å². The number of ether oxygens (including phenoxy) is 2. The molecule has 4 aromatic carbocycles. The lowest BCUT2D eigenvalue weighted by Crippen LogP contribution is -2.20. The Morgan fingerprint density at radius 3 is 2.56 bits per heavy atom. The molecule has 0 saturated carbocycles. The minimum atomic E-state index is -0.361. The summed E-state index contributed by atoms with van der Waals surface area (Å²) >= 11 is 7.14. The Morgan fingerprint density at radius 1 is 1.00 bits per heavy atom. The number of methoxy groups -OCH3 is 1. The zero-order valence-corrected chi connectivity index (χ0v) is 24.6. The SMILES string of the molecule is COc1cc(C=Nn2c(-c3cc4ccccc4o3)nc3ccccc3c2=O)c(Br)c(Br)c1OCc1ccccc1F. The molecule has 0 unspecified atom stereocenters. The van der Waals surface area contributed by atoms with Gasteiger partial charge in [0.25, 0.3) is 5.56 Å². The van der Waals surface area contributed by atoms with E-state index in [4.69, 9.17) is 18.9 Å². The van der Waals surface area contributed by atoms with Gasteiger partial charge >= 0.3 is 0 Å². The number of rotatable bonds is 7. The van der Waals surface area contributed by atoms with Gasteiger partial charge in [0, 0.05) is 21.0 Å². The number of benzene rings is 4. The molecule has 10 heteroatoms. The van der Waals surface area contributed by atoms with Crippen molar-refractivity contribution >= 4 is 59.9 Å². The minimum Gasteiger partial charge on any atom is -0.493 e. The molecule has 0 aliphatic rings. The van der Waals surface area contributed by atoms with Gasteiger partial charge in [-0.25, -0.2) is 9.37 Å². The molecule has 6 aromatic rings. The van der Waals surface area contributed by atoms with Crippen LogP contribution >= 0.6 is 31.9 Å². The maximum absolute atomic E-state index is 14.1. The summed E-state index contributed by atoms with van der Waals surface area (Å²) in [7, 11) is 1.50. The molecule has 0 aliphatic heterocycles. The zero-order valence-electron chi connectivity index (χ0n) is 21.5. The predicted octanol–water partition coefficient (Wildman–Crippen LogP) is 7.94. The average Bonchev–Trinajstić information content (AvgIpc) is 3.43. The van der Waals surface area contributed by atoms with Crippen LogP contribution in [0.4, 0.5) is 4.39 Å². The minimum absolute atomic E-state index is 0.000518. The highest BCUT2D eigenvalue weighted by Gasteiger charge is 2.19. The van der Waals surface area contributed by atoms with E-state index in [0.717, 1.165) is 5.39 Å². The van der Waals surface area contributed by atoms with Crippen LogP contribution in [0, 0.1) is 5.82 Å². The van der Waals surface area contributed by atoms with Gasteiger partial charge in [0.15, 0.2) is 17.3 Å². The number of hydrogen-bond acceptors (Lipinski definition) is 6. The maximum Gasteiger partial charge on any atom is 0.282 e. The van der Waals surface area contributed by atoms with Crippen LogP contribution in [0.15, 0.2) is 108 Å². The molecule has 0 N–H and O–H groups in total. The van der Waals surface area contributed by atoms with Crippen LogP contribution in [0.25, 0.3) is 33.5 Å². The summed E-state index contributed by atoms with van der Waals surface area (Å²) in [6.07, 6.45) is 1.52. The van der Waals surface area contributed by atoms with E-state index < -0.39 is 0 Å². The number of hydrogen-bond donors (Lipinski definition) is 0. The Bertz CT molecular complexity index is 1990. The Kier molecular flexibility index (Phi) is 7.42. The van der Waals surface area contributed by atoms with Crippen LogP contribution in [0.2, 0.25) is 0 Å². The fourth-order valence-corrected chi connectivity index (χ4v) is 5.29. The standard InChI is InChI=1S/C31H20Br2FN3O4/c1-39-25-15-20(27(32)28(33)29(25)40-17-19-9-2-5-11-22(19)34)16-35-37-30(26-14-18-8-3-7-13-24(18)41-26)36-23-12-6-4-10-21(23)31(37)38/h2-16H,17H2,1H3. The summed E-state index contributed by atoms with van der Waals surface area (Å²) in [6, 6.07) is 24.6. The fourth-order valence-electron chi connectivity index (χ4n) is 4.35. The van der Waals surface area contributed by atoms with Crippen molar-refractivity contribution < 1.29 is 18.3 Å². The Labute approximate surface area is 250 Å². The van der Waals surface area contributed by atoms with Crippen LogP contribution in [-0.2, 0) is 6.61 Å². The third-order valence-electron chi connectivity index (χ3n) is 6.42. The average molecular weight is 677 g/mol. The van der Waals surface area contributed by atoms with Crippen molar-refractivity contribution in [1.82, 2.24) is 9.66 Å². The van der Waals surface area contributed by atoms with Crippen LogP contribution in [0.5, 0.6) is 11.5 Å². The van der Waals surface area contributed by atoms with Crippen molar-refractivity contribution in [3.05, 3.63) is 121 Å². The lowest BCUT2D eigenvalue weighted by molar-refractivity contribution is 0.277. The smallest absolute Gasteiger partial charge is 0.282 e. The highest BCUT2D eigenvalue weighted by molar-refractivity contribution is 9.13. The molecule has 0 saturated heterocycles. The monoisotopic (exact) mass is 675 g/mol. The van der Waals surface area contributed by atoms with E-state index in [1.54, 1.807) is 42.5 Å². The van der Waals surface area contributed by atoms with Crippen LogP contribution in [0.3, 0.4) is 0 Å². The molecule has 0 fully saturated rings. The van der Waals surface area contributed by atoms with Gasteiger partial charge in [0.2, 0.25) is 5.82 Å². The summed E-state index contributed by atoms with van der Waals surface area (Å²) in [6.45, 7) is 0.000518. The molecule has 0 spiro atoms. The summed E-state index contributed by atoms with van der Waals surface area (Å²) in [5.74, 6) is 1.07. The number of nitrogens with zero attached hydrogens (tertiary/aromatic N) is 3. The van der Waals surface area contributed by atoms with Gasteiger partial charge in [0.05, 0.1) is 28.7 Å². The Balaban J connectivity index is 1.43. The first-order valence-corrected chi connectivity index (χ1v) is 14.0. The second-order valence-electron chi connectivity index (χ2n) is 8.97. The molecule has 0 amide bonds. The van der Waals surface area contributed by atoms with E-state index in [1.165, 1.54) is 24.1 Å². The van der Waals surface area contributed by atoms with E-state index >= 15 is 0 Å². The van der Waals surface area contributed by atoms with Crippen LogP contribution < -0.4 is 15.0 Å². The predicted molar refractivity (Wildman–Crippen MR) is 163 cm³/mol. The van der Waals surface area contributed by atoms with Crippen molar-refractivity contribution in [2.45, 2.75) is 6.61 Å². The summed E-state index contributed by atoms with van der Waals surface area (Å²) in [4.78, 5) is 18.3. The van der Waals surface area contributed by atoms with Crippen molar-refractivity contribution in [3.63, 3.8) is 0 Å². The maximum atomic E-state index is 14.1. The molecule has 41 heavy (non-hydrogen) atoms. The van der Waals surface area contributed by atoms with Gasteiger partial charge in [-0.2, -0.15) is 9.78 Å². The molecule has 6 rings (SSSR count). The van der Waals surface area contributed by atoms with Crippen molar-refractivity contribution in [2.75, 3.05) is 7.11 Å². The summed E-state index contributed by atoms with van der Waals surface area (Å²) in [5.41, 5.74) is 1.84. The fraction of sp³-hybridized carbons (Fsp3) is 0.0645. The highest BCUT2D eigenvalue weighted by atomic mass is 79.9. The number of halogens is 3. The molecule has 204 valence electrons. The first kappa shape index (κ1) is 26.9. The van der Waals surface area contributed by atoms with Gasteiger partial charge in [-0.1, -0.05) is 48.5 Å². The largest absolute Gasteiger partial charge is 0.493 e. The van der Waals surface area contributed by atoms with E-state index in [2.05, 4.69) is 37.0 Å². The molecule has 7 nitrogen and oxygen atoms in total. The van der Waals surface area contributed by atoms with Gasteiger partial charge < -0.3 is 13.9 Å². The van der Waals surface area contributed by atoms with Gasteiger partial charge in [-0.3, -0.25) is 4.79 Å². The van der Waals surface area contributed by atoms with E-state index in [1.807, 2.05) is 36.4 Å². The van der Waals surface area contributed by atoms with Crippen molar-refractivity contribution in [1.29, 1.82) is 0 Å². The lowest BCUT2D eigenvalue weighted by atomic mass is 10.2. The second kappa shape index (κ2) is 11.3. The molecule has 0 bridgehead atoms. The topological polar surface area (TPSA) is 78.9 Å². The Morgan fingerprint density at radius 2 is 1.76 bits per heavy atom. The van der Waals surface area contributed by atoms with Gasteiger partial charge in [-0.05, 0) is 68.3 Å². The van der Waals surface area contributed by atoms with Crippen LogP contribution in [0.1, 0.15) is 11.1 Å². The number of para-hydroxylation sites is 2. The van der Waals surface area contributed by atoms with Crippen LogP contribution in [-0.4, -0.2) is 23.0 Å². The highest BCUT2D eigenvalue weighted by Crippen LogP contribution is 2.42. The molecule has 0 atom stereocenters. The molecule has 0 radical (unpaired) electrons. The van der Waals surface area contributed by atoms with Crippen molar-refractivity contribution in [2.24, 2.45) is 5.10 Å². The Hall–Kier alpha value is -4.28. The summed E-state index contributed by atoms with van der Waals surface area (Å²) in [5, 5.41) is 5.84. The number of aromatic nitrogens is 2. The molecular weight excluding hydrogens is 657 g/mol. The first-order valence-electron chi connectivity index (χ1n) is 12.4. The van der Waals surface area contributed by atoms with E-state index in [9.17, 15) is 9.18 Å². The molecule has 2 heterocycles. The van der Waals surface area contributed by atoms with E-state index in [0.29, 0.717) is 53.8 Å². The summed E-state index contributed by atoms with van der Waals surface area (Å²) < 4.78 is 34.0. The normalized spacial score (nSPS) is 11.5. The molecular formula is C31H20Br2FN3O4. The second-order valence-corrected chi connectivity index (χ2v) is 10.6. The molecule has 2 aromatic heterocycles. The number of furan rings is 1. The third kappa shape index (κ3) is 5.16. The van der Waals surface area contributed by atoms with Crippen molar-refractivity contribution in [3.8, 4) is 23.1 Å². The molecule has 0 aliphatic carbocycles. The van der Waals surface area contributed by atoms with Gasteiger partial charge in [0.1, 0.15) is 18.0 Å². The quantitative estimate of drug-likeness (QED) is 0.160. The third-order valence-corrected chi connectivity index (χ3v) is 8.56. The van der Waals surface area contributed by atoms with E-state index in [-0.39, 0.29) is 23.8 Å². The first-order chi connectivity index (χ1) is 19.9. The lowest BCUT2D eigenvalue weighted by Gasteiger charge is -2.15. The number of fused-ring (bicyclic) bond motifs is 2. The zero-order chi connectivity index (χ0) is 28.5.